The average molecular weight is 262 g/mol. The number of hydrogen-bond donors (Lipinski definition) is 2. The summed E-state index contributed by atoms with van der Waals surface area (Å²) in [4.78, 5) is 14.3. The molecule has 0 spiro atoms. The van der Waals surface area contributed by atoms with Crippen LogP contribution in [0.3, 0.4) is 0 Å². The van der Waals surface area contributed by atoms with Crippen molar-refractivity contribution in [2.75, 3.05) is 26.2 Å². The molecule has 3 N–H and O–H groups in total. The molecule has 0 atom stereocenters. The van der Waals surface area contributed by atoms with Gasteiger partial charge >= 0.3 is 0 Å². The van der Waals surface area contributed by atoms with E-state index < -0.39 is 0 Å². The predicted molar refractivity (Wildman–Crippen MR) is 75.3 cm³/mol. The van der Waals surface area contributed by atoms with Crippen LogP contribution in [-0.2, 0) is 0 Å². The summed E-state index contributed by atoms with van der Waals surface area (Å²) < 4.78 is 0. The third kappa shape index (κ3) is 4.04. The third-order valence-electron chi connectivity index (χ3n) is 3.88. The molecule has 0 saturated carbocycles. The van der Waals surface area contributed by atoms with Crippen molar-refractivity contribution in [1.82, 2.24) is 4.90 Å². The number of carbonyl (C=O) groups excluding carboxylic acids is 1. The van der Waals surface area contributed by atoms with Crippen LogP contribution >= 0.6 is 0 Å². The minimum atomic E-state index is 0.140. The number of Topliss-reactive ketones (excluding diaryl/α,β-unsaturated/α-hetero) is 1. The molecule has 4 nitrogen and oxygen atoms in total. The van der Waals surface area contributed by atoms with Gasteiger partial charge in [0.2, 0.25) is 0 Å². The molecule has 0 aromatic heterocycles. The van der Waals surface area contributed by atoms with Crippen molar-refractivity contribution in [2.24, 2.45) is 11.7 Å². The molecule has 2 rings (SSSR count). The highest BCUT2D eigenvalue weighted by molar-refractivity contribution is 5.96. The van der Waals surface area contributed by atoms with Crippen molar-refractivity contribution in [3.63, 3.8) is 0 Å². The quantitative estimate of drug-likeness (QED) is 0.792. The number of likely N-dealkylation sites (tertiary alicyclic amines) is 1. The maximum atomic E-state index is 12.0. The Morgan fingerprint density at radius 3 is 2.47 bits per heavy atom. The van der Waals surface area contributed by atoms with Crippen LogP contribution < -0.4 is 5.73 Å². The van der Waals surface area contributed by atoms with Crippen LogP contribution in [0.4, 0.5) is 0 Å². The van der Waals surface area contributed by atoms with E-state index in [1.807, 2.05) is 0 Å². The zero-order chi connectivity index (χ0) is 13.7. The van der Waals surface area contributed by atoms with E-state index in [-0.39, 0.29) is 11.5 Å². The first-order chi connectivity index (χ1) is 9.19. The van der Waals surface area contributed by atoms with Gasteiger partial charge in [-0.2, -0.15) is 0 Å². The SMILES string of the molecule is NCC1CCN(CCC(=O)c2ccc(O)cc2)CC1. The van der Waals surface area contributed by atoms with Crippen molar-refractivity contribution in [3.05, 3.63) is 29.8 Å². The summed E-state index contributed by atoms with van der Waals surface area (Å²) in [7, 11) is 0. The first-order valence-electron chi connectivity index (χ1n) is 6.93. The Labute approximate surface area is 114 Å². The van der Waals surface area contributed by atoms with Gasteiger partial charge in [0.15, 0.2) is 5.78 Å². The van der Waals surface area contributed by atoms with E-state index in [1.165, 1.54) is 0 Å². The zero-order valence-electron chi connectivity index (χ0n) is 11.2. The highest BCUT2D eigenvalue weighted by Crippen LogP contribution is 2.17. The maximum Gasteiger partial charge on any atom is 0.164 e. The van der Waals surface area contributed by atoms with Gasteiger partial charge in [0.1, 0.15) is 5.75 Å². The number of aromatic hydroxyl groups is 1. The molecular weight excluding hydrogens is 240 g/mol. The summed E-state index contributed by atoms with van der Waals surface area (Å²) in [6, 6.07) is 6.47. The van der Waals surface area contributed by atoms with Crippen molar-refractivity contribution in [3.8, 4) is 5.75 Å². The van der Waals surface area contributed by atoms with Crippen molar-refractivity contribution >= 4 is 5.78 Å². The fourth-order valence-corrected chi connectivity index (χ4v) is 2.50. The standard InChI is InChI=1S/C15H22N2O2/c16-11-12-5-8-17(9-6-12)10-7-15(19)13-1-3-14(18)4-2-13/h1-4,12,18H,5-11,16H2. The number of hydrogen-bond acceptors (Lipinski definition) is 4. The van der Waals surface area contributed by atoms with E-state index in [0.29, 0.717) is 17.9 Å². The van der Waals surface area contributed by atoms with Gasteiger partial charge in [-0.25, -0.2) is 0 Å². The highest BCUT2D eigenvalue weighted by atomic mass is 16.3. The van der Waals surface area contributed by atoms with Crippen molar-refractivity contribution in [2.45, 2.75) is 19.3 Å². The van der Waals surface area contributed by atoms with Crippen LogP contribution in [0, 0.1) is 5.92 Å². The number of piperidine rings is 1. The van der Waals surface area contributed by atoms with Crippen LogP contribution in [0.2, 0.25) is 0 Å². The van der Waals surface area contributed by atoms with E-state index in [1.54, 1.807) is 24.3 Å². The number of rotatable bonds is 5. The van der Waals surface area contributed by atoms with Crippen molar-refractivity contribution < 1.29 is 9.90 Å². The molecule has 104 valence electrons. The molecule has 4 heteroatoms. The molecule has 1 aliphatic heterocycles. The lowest BCUT2D eigenvalue weighted by Crippen LogP contribution is -2.37. The van der Waals surface area contributed by atoms with Gasteiger partial charge in [0, 0.05) is 18.5 Å². The number of phenols is 1. The number of benzene rings is 1. The predicted octanol–water partition coefficient (Wildman–Crippen LogP) is 1.64. The second kappa shape index (κ2) is 6.68. The third-order valence-corrected chi connectivity index (χ3v) is 3.88. The Morgan fingerprint density at radius 1 is 1.26 bits per heavy atom. The number of ketones is 1. The van der Waals surface area contributed by atoms with Crippen LogP contribution in [0.1, 0.15) is 29.6 Å². The lowest BCUT2D eigenvalue weighted by molar-refractivity contribution is 0.0952. The van der Waals surface area contributed by atoms with E-state index in [9.17, 15) is 9.90 Å². The minimum Gasteiger partial charge on any atom is -0.508 e. The van der Waals surface area contributed by atoms with Crippen LogP contribution in [0.25, 0.3) is 0 Å². The fraction of sp³-hybridized carbons (Fsp3) is 0.533. The van der Waals surface area contributed by atoms with Gasteiger partial charge in [-0.3, -0.25) is 4.79 Å². The Kier molecular flexibility index (Phi) is 4.93. The summed E-state index contributed by atoms with van der Waals surface area (Å²) in [6.07, 6.45) is 2.83. The molecule has 19 heavy (non-hydrogen) atoms. The van der Waals surface area contributed by atoms with E-state index >= 15 is 0 Å². The Balaban J connectivity index is 1.76. The first-order valence-corrected chi connectivity index (χ1v) is 6.93. The van der Waals surface area contributed by atoms with Crippen LogP contribution in [0.15, 0.2) is 24.3 Å². The zero-order valence-corrected chi connectivity index (χ0v) is 11.2. The molecule has 1 fully saturated rings. The summed E-state index contributed by atoms with van der Waals surface area (Å²) in [5.74, 6) is 0.991. The fourth-order valence-electron chi connectivity index (χ4n) is 2.50. The largest absolute Gasteiger partial charge is 0.508 e. The summed E-state index contributed by atoms with van der Waals surface area (Å²) >= 11 is 0. The molecule has 0 amide bonds. The minimum absolute atomic E-state index is 0.140. The molecule has 1 aromatic carbocycles. The Hall–Kier alpha value is -1.39. The molecule has 0 bridgehead atoms. The molecule has 1 aliphatic rings. The second-order valence-electron chi connectivity index (χ2n) is 5.24. The summed E-state index contributed by atoms with van der Waals surface area (Å²) in [6.45, 7) is 3.69. The smallest absolute Gasteiger partial charge is 0.164 e. The Bertz CT molecular complexity index is 409. The lowest BCUT2D eigenvalue weighted by atomic mass is 9.97. The topological polar surface area (TPSA) is 66.6 Å². The van der Waals surface area contributed by atoms with E-state index in [4.69, 9.17) is 5.73 Å². The monoisotopic (exact) mass is 262 g/mol. The first kappa shape index (κ1) is 14.0. The van der Waals surface area contributed by atoms with Gasteiger partial charge in [0.05, 0.1) is 0 Å². The van der Waals surface area contributed by atoms with Gasteiger partial charge in [-0.15, -0.1) is 0 Å². The van der Waals surface area contributed by atoms with Crippen LogP contribution in [0.5, 0.6) is 5.75 Å². The number of nitrogens with zero attached hydrogens (tertiary/aromatic N) is 1. The summed E-state index contributed by atoms with van der Waals surface area (Å²) in [5.41, 5.74) is 6.34. The molecule has 1 saturated heterocycles. The number of carbonyl (C=O) groups is 1. The lowest BCUT2D eigenvalue weighted by Gasteiger charge is -2.31. The second-order valence-corrected chi connectivity index (χ2v) is 5.24. The van der Waals surface area contributed by atoms with E-state index in [2.05, 4.69) is 4.90 Å². The Morgan fingerprint density at radius 2 is 1.89 bits per heavy atom. The number of nitrogens with two attached hydrogens (primary N) is 1. The molecule has 1 aromatic rings. The summed E-state index contributed by atoms with van der Waals surface area (Å²) in [5, 5.41) is 9.19. The van der Waals surface area contributed by atoms with Gasteiger partial charge in [-0.1, -0.05) is 0 Å². The highest BCUT2D eigenvalue weighted by Gasteiger charge is 2.18. The molecule has 0 unspecified atom stereocenters. The molecule has 0 radical (unpaired) electrons. The maximum absolute atomic E-state index is 12.0. The van der Waals surface area contributed by atoms with E-state index in [0.717, 1.165) is 39.0 Å². The van der Waals surface area contributed by atoms with Crippen molar-refractivity contribution in [1.29, 1.82) is 0 Å². The molecule has 0 aliphatic carbocycles. The van der Waals surface area contributed by atoms with Gasteiger partial charge < -0.3 is 15.7 Å². The average Bonchev–Trinajstić information content (AvgIpc) is 2.46. The normalized spacial score (nSPS) is 17.5. The van der Waals surface area contributed by atoms with Crippen LogP contribution in [-0.4, -0.2) is 42.0 Å². The van der Waals surface area contributed by atoms with Gasteiger partial charge in [-0.05, 0) is 62.7 Å². The molecular formula is C15H22N2O2. The number of phenolic OH excluding ortho intramolecular Hbond substituents is 1. The molecule has 1 heterocycles. The van der Waals surface area contributed by atoms with Gasteiger partial charge in [0.25, 0.3) is 0 Å².